The molecular formula is C15H12F2N2O4S. The number of pyridine rings is 1. The standard InChI is InChI=1S/C15H12F2N2O4S/c16-15(17)23-11-6-2-1-5-10(11)19-12(20)8-24-13-9(14(21)22)4-3-7-18-13/h1-7,15H,8H2,(H,19,20)(H,21,22). The van der Waals surface area contributed by atoms with E-state index in [0.717, 1.165) is 11.8 Å². The number of para-hydroxylation sites is 2. The third-order valence-electron chi connectivity index (χ3n) is 2.72. The molecule has 1 aromatic carbocycles. The summed E-state index contributed by atoms with van der Waals surface area (Å²) in [7, 11) is 0. The molecule has 126 valence electrons. The number of amides is 1. The van der Waals surface area contributed by atoms with Crippen molar-refractivity contribution in [3.63, 3.8) is 0 Å². The Bertz CT molecular complexity index is 743. The number of benzene rings is 1. The Morgan fingerprint density at radius 2 is 2.00 bits per heavy atom. The van der Waals surface area contributed by atoms with Crippen LogP contribution in [0, 0.1) is 0 Å². The summed E-state index contributed by atoms with van der Waals surface area (Å²) in [5.41, 5.74) is 0.0830. The van der Waals surface area contributed by atoms with Gasteiger partial charge in [0.1, 0.15) is 10.8 Å². The second kappa shape index (κ2) is 8.25. The zero-order valence-corrected chi connectivity index (χ0v) is 12.9. The van der Waals surface area contributed by atoms with Gasteiger partial charge in [-0.05, 0) is 24.3 Å². The van der Waals surface area contributed by atoms with E-state index in [9.17, 15) is 18.4 Å². The number of aromatic carboxylic acids is 1. The van der Waals surface area contributed by atoms with Gasteiger partial charge < -0.3 is 15.2 Å². The van der Waals surface area contributed by atoms with Gasteiger partial charge in [0.15, 0.2) is 0 Å². The molecule has 24 heavy (non-hydrogen) atoms. The third kappa shape index (κ3) is 4.92. The first kappa shape index (κ1) is 17.7. The highest BCUT2D eigenvalue weighted by Crippen LogP contribution is 2.26. The molecule has 0 spiro atoms. The van der Waals surface area contributed by atoms with Crippen molar-refractivity contribution in [2.45, 2.75) is 11.6 Å². The van der Waals surface area contributed by atoms with E-state index in [1.165, 1.54) is 36.5 Å². The Morgan fingerprint density at radius 3 is 2.71 bits per heavy atom. The third-order valence-corrected chi connectivity index (χ3v) is 3.72. The lowest BCUT2D eigenvalue weighted by molar-refractivity contribution is -0.113. The van der Waals surface area contributed by atoms with Crippen LogP contribution in [0.1, 0.15) is 10.4 Å². The van der Waals surface area contributed by atoms with Crippen LogP contribution in [-0.4, -0.2) is 34.3 Å². The maximum absolute atomic E-state index is 12.3. The molecule has 2 rings (SSSR count). The summed E-state index contributed by atoms with van der Waals surface area (Å²) in [4.78, 5) is 26.9. The number of ether oxygens (including phenoxy) is 1. The highest BCUT2D eigenvalue weighted by atomic mass is 32.2. The van der Waals surface area contributed by atoms with E-state index >= 15 is 0 Å². The maximum Gasteiger partial charge on any atom is 0.387 e. The Balaban J connectivity index is 2.01. The van der Waals surface area contributed by atoms with Crippen molar-refractivity contribution in [1.82, 2.24) is 4.98 Å². The van der Waals surface area contributed by atoms with Gasteiger partial charge in [0.05, 0.1) is 17.0 Å². The molecule has 1 amide bonds. The molecule has 0 saturated heterocycles. The summed E-state index contributed by atoms with van der Waals surface area (Å²) in [6.45, 7) is -3.01. The molecule has 0 bridgehead atoms. The molecule has 2 aromatic rings. The predicted octanol–water partition coefficient (Wildman–Crippen LogP) is 3.11. The molecule has 0 saturated carbocycles. The lowest BCUT2D eigenvalue weighted by Crippen LogP contribution is -2.16. The maximum atomic E-state index is 12.3. The van der Waals surface area contributed by atoms with E-state index in [-0.39, 0.29) is 27.8 Å². The summed E-state index contributed by atoms with van der Waals surface area (Å²) in [5.74, 6) is -1.95. The fourth-order valence-electron chi connectivity index (χ4n) is 1.76. The number of carboxylic acids is 1. The van der Waals surface area contributed by atoms with Crippen molar-refractivity contribution in [3.8, 4) is 5.75 Å². The number of halogens is 2. The predicted molar refractivity (Wildman–Crippen MR) is 83.6 cm³/mol. The average Bonchev–Trinajstić information content (AvgIpc) is 2.54. The van der Waals surface area contributed by atoms with Crippen molar-refractivity contribution in [2.24, 2.45) is 0 Å². The van der Waals surface area contributed by atoms with Crippen molar-refractivity contribution >= 4 is 29.3 Å². The molecule has 0 aliphatic rings. The number of carboxylic acid groups (broad SMARTS) is 1. The molecule has 9 heteroatoms. The normalized spacial score (nSPS) is 10.5. The van der Waals surface area contributed by atoms with Crippen LogP contribution < -0.4 is 10.1 Å². The number of alkyl halides is 2. The number of nitrogens with one attached hydrogen (secondary N) is 1. The highest BCUT2D eigenvalue weighted by molar-refractivity contribution is 8.00. The molecule has 2 N–H and O–H groups in total. The van der Waals surface area contributed by atoms with E-state index in [1.54, 1.807) is 6.07 Å². The quantitative estimate of drug-likeness (QED) is 0.743. The molecule has 0 aliphatic carbocycles. The molecular weight excluding hydrogens is 342 g/mol. The summed E-state index contributed by atoms with van der Waals surface area (Å²) in [5, 5.41) is 11.7. The zero-order valence-electron chi connectivity index (χ0n) is 12.1. The van der Waals surface area contributed by atoms with Gasteiger partial charge in [-0.2, -0.15) is 8.78 Å². The van der Waals surface area contributed by atoms with Gasteiger partial charge >= 0.3 is 12.6 Å². The van der Waals surface area contributed by atoms with Gasteiger partial charge in [0, 0.05) is 6.20 Å². The minimum atomic E-state index is -3.01. The highest BCUT2D eigenvalue weighted by Gasteiger charge is 2.15. The van der Waals surface area contributed by atoms with Crippen LogP contribution in [0.3, 0.4) is 0 Å². The van der Waals surface area contributed by atoms with Crippen LogP contribution >= 0.6 is 11.8 Å². The van der Waals surface area contributed by atoms with E-state index in [0.29, 0.717) is 0 Å². The topological polar surface area (TPSA) is 88.5 Å². The van der Waals surface area contributed by atoms with Gasteiger partial charge in [-0.3, -0.25) is 4.79 Å². The van der Waals surface area contributed by atoms with Crippen molar-refractivity contribution in [1.29, 1.82) is 0 Å². The van der Waals surface area contributed by atoms with E-state index in [4.69, 9.17) is 5.11 Å². The lowest BCUT2D eigenvalue weighted by Gasteiger charge is -2.11. The van der Waals surface area contributed by atoms with E-state index < -0.39 is 18.5 Å². The van der Waals surface area contributed by atoms with Crippen LogP contribution in [0.15, 0.2) is 47.6 Å². The first-order chi connectivity index (χ1) is 11.5. The minimum absolute atomic E-state index is 0.0169. The fourth-order valence-corrected chi connectivity index (χ4v) is 2.54. The number of hydrogen-bond donors (Lipinski definition) is 2. The summed E-state index contributed by atoms with van der Waals surface area (Å²) >= 11 is 0.930. The van der Waals surface area contributed by atoms with E-state index in [1.807, 2.05) is 0 Å². The first-order valence-electron chi connectivity index (χ1n) is 6.62. The van der Waals surface area contributed by atoms with Crippen molar-refractivity contribution in [3.05, 3.63) is 48.2 Å². The molecule has 1 aromatic heterocycles. The number of anilines is 1. The summed E-state index contributed by atoms with van der Waals surface area (Å²) in [6, 6.07) is 8.63. The van der Waals surface area contributed by atoms with Crippen LogP contribution in [0.2, 0.25) is 0 Å². The van der Waals surface area contributed by atoms with Gasteiger partial charge in [0.2, 0.25) is 5.91 Å². The second-order valence-electron chi connectivity index (χ2n) is 4.37. The van der Waals surface area contributed by atoms with Crippen molar-refractivity contribution < 1.29 is 28.2 Å². The molecule has 0 atom stereocenters. The Kier molecular flexibility index (Phi) is 6.07. The van der Waals surface area contributed by atoms with Gasteiger partial charge in [0.25, 0.3) is 0 Å². The lowest BCUT2D eigenvalue weighted by atomic mass is 10.3. The van der Waals surface area contributed by atoms with Gasteiger partial charge in [-0.25, -0.2) is 9.78 Å². The number of rotatable bonds is 7. The first-order valence-corrected chi connectivity index (χ1v) is 7.60. The van der Waals surface area contributed by atoms with Crippen LogP contribution in [0.5, 0.6) is 5.75 Å². The molecule has 0 unspecified atom stereocenters. The number of thioether (sulfide) groups is 1. The summed E-state index contributed by atoms with van der Waals surface area (Å²) in [6.07, 6.45) is 1.42. The zero-order chi connectivity index (χ0) is 17.5. The SMILES string of the molecule is O=C(CSc1ncccc1C(=O)O)Nc1ccccc1OC(F)F. The fraction of sp³-hybridized carbons (Fsp3) is 0.133. The Labute approximate surface area is 139 Å². The smallest absolute Gasteiger partial charge is 0.387 e. The van der Waals surface area contributed by atoms with Crippen LogP contribution in [-0.2, 0) is 4.79 Å². The Morgan fingerprint density at radius 1 is 1.25 bits per heavy atom. The largest absolute Gasteiger partial charge is 0.478 e. The Hall–Kier alpha value is -2.68. The number of hydrogen-bond acceptors (Lipinski definition) is 5. The van der Waals surface area contributed by atoms with Gasteiger partial charge in [-0.1, -0.05) is 23.9 Å². The number of aromatic nitrogens is 1. The van der Waals surface area contributed by atoms with Crippen molar-refractivity contribution in [2.75, 3.05) is 11.1 Å². The van der Waals surface area contributed by atoms with Gasteiger partial charge in [-0.15, -0.1) is 0 Å². The molecule has 6 nitrogen and oxygen atoms in total. The number of carbonyl (C=O) groups excluding carboxylic acids is 1. The second-order valence-corrected chi connectivity index (χ2v) is 5.34. The molecule has 0 fully saturated rings. The monoisotopic (exact) mass is 354 g/mol. The molecule has 0 aliphatic heterocycles. The number of nitrogens with zero attached hydrogens (tertiary/aromatic N) is 1. The van der Waals surface area contributed by atoms with Crippen LogP contribution in [0.25, 0.3) is 0 Å². The van der Waals surface area contributed by atoms with Crippen LogP contribution in [0.4, 0.5) is 14.5 Å². The molecule has 0 radical (unpaired) electrons. The minimum Gasteiger partial charge on any atom is -0.478 e. The molecule has 1 heterocycles. The van der Waals surface area contributed by atoms with E-state index in [2.05, 4.69) is 15.0 Å². The average molecular weight is 354 g/mol. The number of carbonyl (C=O) groups is 2. The summed E-state index contributed by atoms with van der Waals surface area (Å²) < 4.78 is 29.0.